The number of anilines is 1. The minimum absolute atomic E-state index is 0.152. The average Bonchev–Trinajstić information content (AvgIpc) is 2.97. The highest BCUT2D eigenvalue weighted by molar-refractivity contribution is 5.38. The lowest BCUT2D eigenvalue weighted by Crippen LogP contribution is -2.15. The van der Waals surface area contributed by atoms with Gasteiger partial charge >= 0.3 is 0 Å². The molecule has 0 unspecified atom stereocenters. The van der Waals surface area contributed by atoms with E-state index in [-0.39, 0.29) is 5.56 Å². The number of rotatable bonds is 6. The molecular weight excluding hydrogens is 294 g/mol. The molecule has 0 bridgehead atoms. The van der Waals surface area contributed by atoms with Gasteiger partial charge in [0.15, 0.2) is 0 Å². The Hall–Kier alpha value is -2.83. The normalized spacial score (nSPS) is 10.9. The van der Waals surface area contributed by atoms with Gasteiger partial charge in [-0.3, -0.25) is 9.89 Å². The molecule has 0 aliphatic rings. The van der Waals surface area contributed by atoms with Crippen molar-refractivity contribution in [2.24, 2.45) is 0 Å². The molecule has 0 saturated heterocycles. The average molecular weight is 313 g/mol. The minimum atomic E-state index is -0.152. The molecular formula is C16H19N5O2. The van der Waals surface area contributed by atoms with E-state index in [1.807, 2.05) is 24.3 Å². The monoisotopic (exact) mass is 313 g/mol. The van der Waals surface area contributed by atoms with Crippen molar-refractivity contribution in [3.8, 4) is 5.75 Å². The first-order valence-electron chi connectivity index (χ1n) is 7.55. The maximum atomic E-state index is 12.1. The second kappa shape index (κ2) is 6.51. The zero-order valence-electron chi connectivity index (χ0n) is 13.2. The van der Waals surface area contributed by atoms with E-state index in [0.717, 1.165) is 29.8 Å². The molecule has 3 rings (SSSR count). The maximum absolute atomic E-state index is 12.1. The van der Waals surface area contributed by atoms with Gasteiger partial charge in [0.1, 0.15) is 5.75 Å². The second-order valence-corrected chi connectivity index (χ2v) is 5.25. The SMILES string of the molecule is CCCc1cc(=O)n2[nH]c(NCc3cccc(OC)c3)nc2n1. The third-order valence-corrected chi connectivity index (χ3v) is 3.48. The molecule has 2 heterocycles. The highest BCUT2D eigenvalue weighted by Crippen LogP contribution is 2.13. The number of aromatic amines is 1. The van der Waals surface area contributed by atoms with Gasteiger partial charge in [-0.15, -0.1) is 0 Å². The van der Waals surface area contributed by atoms with Crippen molar-refractivity contribution >= 4 is 11.7 Å². The number of methoxy groups -OCH3 is 1. The number of aromatic nitrogens is 4. The van der Waals surface area contributed by atoms with Crippen molar-refractivity contribution in [2.75, 3.05) is 12.4 Å². The molecule has 0 radical (unpaired) electrons. The minimum Gasteiger partial charge on any atom is -0.497 e. The number of H-pyrrole nitrogens is 1. The van der Waals surface area contributed by atoms with Crippen LogP contribution in [0, 0.1) is 0 Å². The van der Waals surface area contributed by atoms with E-state index in [1.165, 1.54) is 4.52 Å². The van der Waals surface area contributed by atoms with Gasteiger partial charge in [0.05, 0.1) is 12.8 Å². The van der Waals surface area contributed by atoms with Gasteiger partial charge in [0, 0.05) is 12.6 Å². The Labute approximate surface area is 133 Å². The standard InChI is InChI=1S/C16H19N5O2/c1-3-5-12-9-14(22)21-16(18-12)19-15(20-21)17-10-11-6-4-7-13(8-11)23-2/h4,6-9H,3,5,10H2,1-2H3,(H2,17,18,19,20). The smallest absolute Gasteiger partial charge is 0.274 e. The lowest BCUT2D eigenvalue weighted by atomic mass is 10.2. The zero-order chi connectivity index (χ0) is 16.2. The Morgan fingerprint density at radius 2 is 2.17 bits per heavy atom. The number of hydrogen-bond acceptors (Lipinski definition) is 5. The van der Waals surface area contributed by atoms with Crippen molar-refractivity contribution in [3.63, 3.8) is 0 Å². The Kier molecular flexibility index (Phi) is 4.27. The number of benzene rings is 1. The van der Waals surface area contributed by atoms with Crippen molar-refractivity contribution in [2.45, 2.75) is 26.3 Å². The largest absolute Gasteiger partial charge is 0.497 e. The lowest BCUT2D eigenvalue weighted by molar-refractivity contribution is 0.414. The van der Waals surface area contributed by atoms with E-state index in [0.29, 0.717) is 18.3 Å². The van der Waals surface area contributed by atoms with Crippen molar-refractivity contribution < 1.29 is 4.74 Å². The van der Waals surface area contributed by atoms with Crippen LogP contribution in [0.1, 0.15) is 24.6 Å². The van der Waals surface area contributed by atoms with Gasteiger partial charge in [-0.25, -0.2) is 4.98 Å². The molecule has 0 spiro atoms. The number of aryl methyl sites for hydroxylation is 1. The van der Waals surface area contributed by atoms with Gasteiger partial charge in [-0.1, -0.05) is 25.5 Å². The number of fused-ring (bicyclic) bond motifs is 1. The van der Waals surface area contributed by atoms with Crippen LogP contribution in [0.15, 0.2) is 35.1 Å². The van der Waals surface area contributed by atoms with Crippen LogP contribution in [0.25, 0.3) is 5.78 Å². The summed E-state index contributed by atoms with van der Waals surface area (Å²) >= 11 is 0. The highest BCUT2D eigenvalue weighted by Gasteiger charge is 2.07. The van der Waals surface area contributed by atoms with Gasteiger partial charge in [-0.2, -0.15) is 9.50 Å². The first-order chi connectivity index (χ1) is 11.2. The summed E-state index contributed by atoms with van der Waals surface area (Å²) in [5.74, 6) is 1.69. The molecule has 120 valence electrons. The summed E-state index contributed by atoms with van der Waals surface area (Å²) in [5.41, 5.74) is 1.67. The molecule has 23 heavy (non-hydrogen) atoms. The summed E-state index contributed by atoms with van der Waals surface area (Å²) in [6, 6.07) is 9.29. The van der Waals surface area contributed by atoms with Crippen LogP contribution in [-0.4, -0.2) is 26.7 Å². The van der Waals surface area contributed by atoms with Gasteiger partial charge < -0.3 is 10.1 Å². The number of ether oxygens (including phenoxy) is 1. The summed E-state index contributed by atoms with van der Waals surface area (Å²) in [5, 5.41) is 6.08. The fourth-order valence-corrected chi connectivity index (χ4v) is 2.36. The second-order valence-electron chi connectivity index (χ2n) is 5.25. The van der Waals surface area contributed by atoms with E-state index in [9.17, 15) is 4.79 Å². The van der Waals surface area contributed by atoms with E-state index >= 15 is 0 Å². The zero-order valence-corrected chi connectivity index (χ0v) is 13.2. The first kappa shape index (κ1) is 15.1. The first-order valence-corrected chi connectivity index (χ1v) is 7.55. The molecule has 7 nitrogen and oxygen atoms in total. The van der Waals surface area contributed by atoms with Crippen LogP contribution in [-0.2, 0) is 13.0 Å². The lowest BCUT2D eigenvalue weighted by Gasteiger charge is -2.04. The molecule has 2 aromatic heterocycles. The Bertz CT molecular complexity index is 868. The van der Waals surface area contributed by atoms with Gasteiger partial charge in [-0.05, 0) is 24.1 Å². The van der Waals surface area contributed by atoms with Crippen LogP contribution < -0.4 is 15.6 Å². The molecule has 0 amide bonds. The molecule has 0 atom stereocenters. The molecule has 3 aromatic rings. The highest BCUT2D eigenvalue weighted by atomic mass is 16.5. The van der Waals surface area contributed by atoms with E-state index in [2.05, 4.69) is 27.3 Å². The van der Waals surface area contributed by atoms with Gasteiger partial charge in [0.2, 0.25) is 5.95 Å². The predicted molar refractivity (Wildman–Crippen MR) is 87.9 cm³/mol. The van der Waals surface area contributed by atoms with E-state index in [4.69, 9.17) is 4.74 Å². The molecule has 1 aromatic carbocycles. The maximum Gasteiger partial charge on any atom is 0.274 e. The van der Waals surface area contributed by atoms with Crippen LogP contribution in [0.3, 0.4) is 0 Å². The summed E-state index contributed by atoms with van der Waals surface area (Å²) in [4.78, 5) is 20.8. The number of nitrogens with one attached hydrogen (secondary N) is 2. The fourth-order valence-electron chi connectivity index (χ4n) is 2.36. The summed E-state index contributed by atoms with van der Waals surface area (Å²) in [7, 11) is 1.64. The van der Waals surface area contributed by atoms with Crippen LogP contribution in [0.4, 0.5) is 5.95 Å². The quantitative estimate of drug-likeness (QED) is 0.727. The summed E-state index contributed by atoms with van der Waals surface area (Å²) in [6.45, 7) is 2.61. The van der Waals surface area contributed by atoms with Crippen LogP contribution in [0.5, 0.6) is 5.75 Å². The summed E-state index contributed by atoms with van der Waals surface area (Å²) < 4.78 is 6.54. The fraction of sp³-hybridized carbons (Fsp3) is 0.312. The number of nitrogens with zero attached hydrogens (tertiary/aromatic N) is 3. The molecule has 0 saturated carbocycles. The van der Waals surface area contributed by atoms with Gasteiger partial charge in [0.25, 0.3) is 11.3 Å². The number of hydrogen-bond donors (Lipinski definition) is 2. The van der Waals surface area contributed by atoms with E-state index in [1.54, 1.807) is 13.2 Å². The Morgan fingerprint density at radius 3 is 2.96 bits per heavy atom. The van der Waals surface area contributed by atoms with Crippen molar-refractivity contribution in [1.29, 1.82) is 0 Å². The molecule has 7 heteroatoms. The third-order valence-electron chi connectivity index (χ3n) is 3.48. The Balaban J connectivity index is 1.80. The predicted octanol–water partition coefficient (Wildman–Crippen LogP) is 1.99. The molecule has 0 aliphatic heterocycles. The van der Waals surface area contributed by atoms with Crippen molar-refractivity contribution in [1.82, 2.24) is 19.6 Å². The van der Waals surface area contributed by atoms with Crippen LogP contribution in [0.2, 0.25) is 0 Å². The third kappa shape index (κ3) is 3.33. The molecule has 0 fully saturated rings. The summed E-state index contributed by atoms with van der Waals surface area (Å²) in [6.07, 6.45) is 1.71. The van der Waals surface area contributed by atoms with E-state index < -0.39 is 0 Å². The molecule has 2 N–H and O–H groups in total. The molecule has 0 aliphatic carbocycles. The van der Waals surface area contributed by atoms with Crippen molar-refractivity contribution in [3.05, 3.63) is 51.9 Å². The Morgan fingerprint density at radius 1 is 1.30 bits per heavy atom. The van der Waals surface area contributed by atoms with Crippen LogP contribution >= 0.6 is 0 Å². The topological polar surface area (TPSA) is 84.3 Å².